The second-order valence-electron chi connectivity index (χ2n) is 9.69. The van der Waals surface area contributed by atoms with Gasteiger partial charge in [-0.25, -0.2) is 5.48 Å². The van der Waals surface area contributed by atoms with Gasteiger partial charge in [-0.05, 0) is 48.2 Å². The van der Waals surface area contributed by atoms with Crippen LogP contribution in [-0.4, -0.2) is 39.1 Å². The number of carbonyl (C=O) groups is 2. The van der Waals surface area contributed by atoms with E-state index in [1.165, 1.54) is 6.07 Å². The maximum absolute atomic E-state index is 14.0. The second kappa shape index (κ2) is 11.3. The van der Waals surface area contributed by atoms with Crippen LogP contribution >= 0.6 is 23.2 Å². The van der Waals surface area contributed by atoms with Crippen molar-refractivity contribution >= 4 is 35.0 Å². The van der Waals surface area contributed by atoms with Gasteiger partial charge in [0.2, 0.25) is 0 Å². The smallest absolute Gasteiger partial charge is 0.255 e. The van der Waals surface area contributed by atoms with Gasteiger partial charge in [0.25, 0.3) is 11.8 Å². The molecule has 0 saturated heterocycles. The number of aliphatic hydroxyl groups excluding tert-OH is 1. The SMILES string of the molecule is O=C(NOCc1ccccc1O)[C@@H]1c2ccccc2C(=O)N([C@H]2CCCCC2O)[C@H]1c1ccc(Cl)cc1Cl. The number of hydrogen-bond acceptors (Lipinski definition) is 5. The zero-order valence-electron chi connectivity index (χ0n) is 20.5. The summed E-state index contributed by atoms with van der Waals surface area (Å²) in [5.41, 5.74) is 4.53. The highest BCUT2D eigenvalue weighted by Gasteiger charge is 2.49. The summed E-state index contributed by atoms with van der Waals surface area (Å²) in [6, 6.07) is 17.4. The molecule has 1 saturated carbocycles. The molecule has 1 aliphatic heterocycles. The lowest BCUT2D eigenvalue weighted by Crippen LogP contribution is -2.55. The third-order valence-electron chi connectivity index (χ3n) is 7.38. The van der Waals surface area contributed by atoms with E-state index in [9.17, 15) is 19.8 Å². The summed E-state index contributed by atoms with van der Waals surface area (Å²) in [5, 5.41) is 21.8. The number of rotatable bonds is 6. The fraction of sp³-hybridized carbons (Fsp3) is 0.310. The number of phenols is 1. The van der Waals surface area contributed by atoms with Crippen LogP contribution < -0.4 is 5.48 Å². The molecular weight excluding hydrogens is 527 g/mol. The van der Waals surface area contributed by atoms with Crippen molar-refractivity contribution in [1.29, 1.82) is 0 Å². The van der Waals surface area contributed by atoms with Crippen molar-refractivity contribution in [2.24, 2.45) is 0 Å². The van der Waals surface area contributed by atoms with Crippen molar-refractivity contribution in [2.45, 2.75) is 56.4 Å². The zero-order valence-corrected chi connectivity index (χ0v) is 22.0. The normalized spacial score (nSPS) is 23.1. The Labute approximate surface area is 230 Å². The van der Waals surface area contributed by atoms with Gasteiger partial charge in [0.1, 0.15) is 12.4 Å². The van der Waals surface area contributed by atoms with E-state index in [2.05, 4.69) is 5.48 Å². The predicted octanol–water partition coefficient (Wildman–Crippen LogP) is 5.53. The van der Waals surface area contributed by atoms with E-state index in [-0.39, 0.29) is 18.3 Å². The number of hydrogen-bond donors (Lipinski definition) is 3. The summed E-state index contributed by atoms with van der Waals surface area (Å²) >= 11 is 12.9. The summed E-state index contributed by atoms with van der Waals surface area (Å²) in [6.07, 6.45) is 2.17. The number of carbonyl (C=O) groups excluding carboxylic acids is 2. The van der Waals surface area contributed by atoms with Gasteiger partial charge >= 0.3 is 0 Å². The molecule has 0 spiro atoms. The summed E-state index contributed by atoms with van der Waals surface area (Å²) in [7, 11) is 0. The topological polar surface area (TPSA) is 99.1 Å². The van der Waals surface area contributed by atoms with Crippen LogP contribution in [0.2, 0.25) is 10.0 Å². The van der Waals surface area contributed by atoms with Crippen LogP contribution in [0.4, 0.5) is 0 Å². The number of aromatic hydroxyl groups is 1. The summed E-state index contributed by atoms with van der Waals surface area (Å²) < 4.78 is 0. The first kappa shape index (κ1) is 26.5. The van der Waals surface area contributed by atoms with Crippen LogP contribution in [0.5, 0.6) is 5.75 Å². The molecule has 38 heavy (non-hydrogen) atoms. The van der Waals surface area contributed by atoms with Crippen molar-refractivity contribution in [3.63, 3.8) is 0 Å². The Kier molecular flexibility index (Phi) is 7.91. The minimum Gasteiger partial charge on any atom is -0.508 e. The second-order valence-corrected chi connectivity index (χ2v) is 10.5. The van der Waals surface area contributed by atoms with Gasteiger partial charge in [-0.15, -0.1) is 0 Å². The van der Waals surface area contributed by atoms with E-state index in [1.807, 2.05) is 0 Å². The maximum atomic E-state index is 14.0. The summed E-state index contributed by atoms with van der Waals surface area (Å²) in [4.78, 5) is 35.0. The molecule has 2 aliphatic rings. The van der Waals surface area contributed by atoms with Crippen LogP contribution in [0.15, 0.2) is 66.7 Å². The van der Waals surface area contributed by atoms with E-state index >= 15 is 0 Å². The molecule has 3 N–H and O–H groups in total. The number of amides is 2. The predicted molar refractivity (Wildman–Crippen MR) is 144 cm³/mol. The Morgan fingerprint density at radius 1 is 1.00 bits per heavy atom. The quantitative estimate of drug-likeness (QED) is 0.348. The van der Waals surface area contributed by atoms with E-state index in [0.29, 0.717) is 45.1 Å². The number of para-hydroxylation sites is 1. The minimum absolute atomic E-state index is 0.0524. The third-order valence-corrected chi connectivity index (χ3v) is 7.95. The van der Waals surface area contributed by atoms with E-state index < -0.39 is 30.0 Å². The van der Waals surface area contributed by atoms with Gasteiger partial charge < -0.3 is 15.1 Å². The molecule has 0 aromatic heterocycles. The van der Waals surface area contributed by atoms with Gasteiger partial charge in [-0.1, -0.05) is 78.5 Å². The molecular formula is C29H28Cl2N2O5. The average Bonchev–Trinajstić information content (AvgIpc) is 2.90. The molecule has 9 heteroatoms. The fourth-order valence-electron chi connectivity index (χ4n) is 5.57. The molecule has 1 unspecified atom stereocenters. The van der Waals surface area contributed by atoms with Crippen molar-refractivity contribution in [2.75, 3.05) is 0 Å². The molecule has 198 valence electrons. The number of fused-ring (bicyclic) bond motifs is 1. The largest absolute Gasteiger partial charge is 0.508 e. The highest BCUT2D eigenvalue weighted by atomic mass is 35.5. The van der Waals surface area contributed by atoms with Crippen molar-refractivity contribution in [1.82, 2.24) is 10.4 Å². The Hall–Kier alpha value is -3.10. The Bertz CT molecular complexity index is 1350. The standard InChI is InChI=1S/C29H28Cl2N2O5/c30-18-13-14-21(22(31)15-18)27-26(28(36)32-38-16-17-7-1-5-11-24(17)34)19-8-2-3-9-20(19)29(37)33(27)23-10-4-6-12-25(23)35/h1-3,5,7-9,11,13-15,23,25-27,34-35H,4,6,10,12,16H2,(H,32,36)/t23-,25?,26+,27-/m0/s1. The number of phenolic OH excluding ortho intramolecular Hbond substituents is 1. The molecule has 7 nitrogen and oxygen atoms in total. The van der Waals surface area contributed by atoms with Crippen molar-refractivity contribution < 1.29 is 24.6 Å². The average molecular weight is 555 g/mol. The molecule has 0 bridgehead atoms. The van der Waals surface area contributed by atoms with E-state index in [1.54, 1.807) is 65.6 Å². The Balaban J connectivity index is 1.57. The van der Waals surface area contributed by atoms with E-state index in [4.69, 9.17) is 28.0 Å². The molecule has 1 heterocycles. The molecule has 4 atom stereocenters. The molecule has 3 aromatic rings. The third kappa shape index (κ3) is 5.12. The minimum atomic E-state index is -0.888. The summed E-state index contributed by atoms with van der Waals surface area (Å²) in [6.45, 7) is -0.0524. The van der Waals surface area contributed by atoms with Gasteiger partial charge in [0, 0.05) is 21.2 Å². The first-order chi connectivity index (χ1) is 18.4. The van der Waals surface area contributed by atoms with Crippen LogP contribution in [0.1, 0.15) is 64.7 Å². The highest BCUT2D eigenvalue weighted by Crippen LogP contribution is 2.47. The number of hydroxylamine groups is 1. The van der Waals surface area contributed by atoms with Gasteiger partial charge in [0.15, 0.2) is 0 Å². The number of halogens is 2. The number of nitrogens with one attached hydrogen (secondary N) is 1. The lowest BCUT2D eigenvalue weighted by molar-refractivity contribution is -0.138. The summed E-state index contributed by atoms with van der Waals surface area (Å²) in [5.74, 6) is -1.58. The van der Waals surface area contributed by atoms with Gasteiger partial charge in [-0.2, -0.15) is 0 Å². The maximum Gasteiger partial charge on any atom is 0.255 e. The van der Waals surface area contributed by atoms with E-state index in [0.717, 1.165) is 12.8 Å². The lowest BCUT2D eigenvalue weighted by Gasteiger charge is -2.48. The van der Waals surface area contributed by atoms with Gasteiger partial charge in [-0.3, -0.25) is 14.4 Å². The first-order valence-electron chi connectivity index (χ1n) is 12.6. The Morgan fingerprint density at radius 2 is 1.74 bits per heavy atom. The molecule has 2 amide bonds. The zero-order chi connectivity index (χ0) is 26.8. The monoisotopic (exact) mass is 554 g/mol. The molecule has 0 radical (unpaired) electrons. The molecule has 1 fully saturated rings. The fourth-order valence-corrected chi connectivity index (χ4v) is 6.09. The number of nitrogens with zero attached hydrogens (tertiary/aromatic N) is 1. The van der Waals surface area contributed by atoms with Crippen LogP contribution in [0, 0.1) is 0 Å². The number of benzene rings is 3. The molecule has 3 aromatic carbocycles. The highest BCUT2D eigenvalue weighted by molar-refractivity contribution is 6.35. The van der Waals surface area contributed by atoms with Gasteiger partial charge in [0.05, 0.1) is 24.1 Å². The molecule has 1 aliphatic carbocycles. The van der Waals surface area contributed by atoms with Crippen LogP contribution in [-0.2, 0) is 16.2 Å². The van der Waals surface area contributed by atoms with Crippen LogP contribution in [0.25, 0.3) is 0 Å². The van der Waals surface area contributed by atoms with Crippen molar-refractivity contribution in [3.05, 3.63) is 99.0 Å². The number of aliphatic hydroxyl groups is 1. The van der Waals surface area contributed by atoms with Crippen molar-refractivity contribution in [3.8, 4) is 5.75 Å². The Morgan fingerprint density at radius 3 is 2.50 bits per heavy atom. The first-order valence-corrected chi connectivity index (χ1v) is 13.4. The molecule has 5 rings (SSSR count). The lowest BCUT2D eigenvalue weighted by atomic mass is 9.77. The van der Waals surface area contributed by atoms with Crippen LogP contribution in [0.3, 0.4) is 0 Å².